The third kappa shape index (κ3) is 12.3. The summed E-state index contributed by atoms with van der Waals surface area (Å²) < 4.78 is 56.1. The van der Waals surface area contributed by atoms with Gasteiger partial charge in [-0.25, -0.2) is 16.8 Å². The van der Waals surface area contributed by atoms with E-state index in [1.807, 2.05) is 0 Å². The van der Waals surface area contributed by atoms with Crippen molar-refractivity contribution in [2.75, 3.05) is 37.2 Å². The molecule has 0 radical (unpaired) electrons. The normalized spacial score (nSPS) is 11.9. The van der Waals surface area contributed by atoms with Crippen molar-refractivity contribution < 1.29 is 35.9 Å². The molecule has 0 saturated carbocycles. The molecule has 0 bridgehead atoms. The van der Waals surface area contributed by atoms with Crippen molar-refractivity contribution in [3.63, 3.8) is 0 Å². The zero-order chi connectivity index (χ0) is 18.6. The molecule has 0 aliphatic rings. The molecular formula is C14H26O8S2. The van der Waals surface area contributed by atoms with Gasteiger partial charge in [-0.2, -0.15) is 0 Å². The van der Waals surface area contributed by atoms with E-state index in [9.17, 15) is 26.4 Å². The van der Waals surface area contributed by atoms with Gasteiger partial charge in [0.05, 0.1) is 37.2 Å². The van der Waals surface area contributed by atoms with E-state index in [1.54, 1.807) is 0 Å². The second-order valence-corrected chi connectivity index (χ2v) is 9.98. The second-order valence-electron chi connectivity index (χ2n) is 5.37. The fourth-order valence-corrected chi connectivity index (χ4v) is 5.57. The van der Waals surface area contributed by atoms with Crippen molar-refractivity contribution in [3.8, 4) is 0 Å². The van der Waals surface area contributed by atoms with Gasteiger partial charge < -0.3 is 9.47 Å². The Hall–Kier alpha value is -1.16. The van der Waals surface area contributed by atoms with Gasteiger partial charge in [-0.3, -0.25) is 9.59 Å². The van der Waals surface area contributed by atoms with Crippen molar-refractivity contribution >= 4 is 31.6 Å². The number of esters is 2. The quantitative estimate of drug-likeness (QED) is 0.331. The topological polar surface area (TPSA) is 121 Å². The van der Waals surface area contributed by atoms with Crippen LogP contribution in [0.4, 0.5) is 0 Å². The Morgan fingerprint density at radius 2 is 0.958 bits per heavy atom. The van der Waals surface area contributed by atoms with Crippen LogP contribution in [-0.4, -0.2) is 66.0 Å². The van der Waals surface area contributed by atoms with E-state index in [4.69, 9.17) is 0 Å². The van der Waals surface area contributed by atoms with Crippen molar-refractivity contribution in [2.24, 2.45) is 0 Å². The minimum absolute atomic E-state index is 0.143. The molecule has 142 valence electrons. The summed E-state index contributed by atoms with van der Waals surface area (Å²) in [6.07, 6.45) is 1.63. The highest BCUT2D eigenvalue weighted by Crippen LogP contribution is 2.06. The molecule has 0 saturated heterocycles. The first-order valence-electron chi connectivity index (χ1n) is 7.66. The SMILES string of the molecule is COC(=O)CCCCS(=O)(=O)CCS(=O)(=O)CCCCC(=O)OC. The molecule has 0 aliphatic heterocycles. The van der Waals surface area contributed by atoms with Crippen LogP contribution >= 0.6 is 0 Å². The molecule has 0 aromatic carbocycles. The number of hydrogen-bond donors (Lipinski definition) is 0. The predicted octanol–water partition coefficient (Wildman–Crippen LogP) is 0.503. The fraction of sp³-hybridized carbons (Fsp3) is 0.857. The smallest absolute Gasteiger partial charge is 0.305 e. The number of hydrogen-bond acceptors (Lipinski definition) is 8. The maximum Gasteiger partial charge on any atom is 0.305 e. The van der Waals surface area contributed by atoms with Gasteiger partial charge in [0.25, 0.3) is 0 Å². The van der Waals surface area contributed by atoms with Gasteiger partial charge in [0, 0.05) is 12.8 Å². The van der Waals surface area contributed by atoms with E-state index in [0.29, 0.717) is 12.8 Å². The molecule has 0 fully saturated rings. The van der Waals surface area contributed by atoms with Crippen molar-refractivity contribution in [3.05, 3.63) is 0 Å². The summed E-state index contributed by atoms with van der Waals surface area (Å²) in [6, 6.07) is 0. The molecule has 24 heavy (non-hydrogen) atoms. The van der Waals surface area contributed by atoms with Gasteiger partial charge in [0.1, 0.15) is 0 Å². The fourth-order valence-electron chi connectivity index (χ4n) is 1.84. The minimum Gasteiger partial charge on any atom is -0.469 e. The highest BCUT2D eigenvalue weighted by Gasteiger charge is 2.18. The minimum atomic E-state index is -3.47. The van der Waals surface area contributed by atoms with E-state index in [2.05, 4.69) is 9.47 Å². The molecule has 10 heteroatoms. The van der Waals surface area contributed by atoms with Crippen LogP contribution in [0.15, 0.2) is 0 Å². The monoisotopic (exact) mass is 386 g/mol. The van der Waals surface area contributed by atoms with Crippen LogP contribution in [0.3, 0.4) is 0 Å². The molecule has 0 heterocycles. The molecule has 0 amide bonds. The summed E-state index contributed by atoms with van der Waals surface area (Å²) in [7, 11) is -4.43. The number of methoxy groups -OCH3 is 2. The van der Waals surface area contributed by atoms with Crippen LogP contribution < -0.4 is 0 Å². The van der Waals surface area contributed by atoms with Crippen LogP contribution in [0, 0.1) is 0 Å². The van der Waals surface area contributed by atoms with Gasteiger partial charge in [0.2, 0.25) is 0 Å². The van der Waals surface area contributed by atoms with E-state index in [-0.39, 0.29) is 37.2 Å². The lowest BCUT2D eigenvalue weighted by Crippen LogP contribution is -2.21. The average molecular weight is 386 g/mol. The number of ether oxygens (including phenoxy) is 2. The predicted molar refractivity (Wildman–Crippen MR) is 89.0 cm³/mol. The lowest BCUT2D eigenvalue weighted by molar-refractivity contribution is -0.141. The van der Waals surface area contributed by atoms with Crippen LogP contribution in [0.2, 0.25) is 0 Å². The molecule has 0 rings (SSSR count). The standard InChI is InChI=1S/C14H26O8S2/c1-21-13(15)7-3-5-9-23(17,18)11-12-24(19,20)10-6-4-8-14(16)22-2/h3-12H2,1-2H3. The van der Waals surface area contributed by atoms with Crippen LogP contribution in [0.25, 0.3) is 0 Å². The van der Waals surface area contributed by atoms with Crippen molar-refractivity contribution in [1.82, 2.24) is 0 Å². The zero-order valence-corrected chi connectivity index (χ0v) is 15.8. The van der Waals surface area contributed by atoms with Crippen LogP contribution in [0.1, 0.15) is 38.5 Å². The molecular weight excluding hydrogens is 360 g/mol. The first kappa shape index (κ1) is 22.8. The van der Waals surface area contributed by atoms with Crippen LogP contribution in [-0.2, 0) is 38.7 Å². The number of carbonyl (C=O) groups is 2. The summed E-state index contributed by atoms with van der Waals surface area (Å²) in [5.41, 5.74) is 0. The van der Waals surface area contributed by atoms with E-state index < -0.39 is 43.1 Å². The Bertz CT molecular complexity index is 538. The van der Waals surface area contributed by atoms with Gasteiger partial charge in [-0.15, -0.1) is 0 Å². The highest BCUT2D eigenvalue weighted by molar-refractivity contribution is 7.95. The molecule has 0 unspecified atom stereocenters. The third-order valence-electron chi connectivity index (χ3n) is 3.33. The Labute approximate surface area is 143 Å². The Morgan fingerprint density at radius 1 is 0.625 bits per heavy atom. The lowest BCUT2D eigenvalue weighted by atomic mass is 10.2. The number of rotatable bonds is 13. The largest absolute Gasteiger partial charge is 0.469 e. The van der Waals surface area contributed by atoms with E-state index in [0.717, 1.165) is 0 Å². The van der Waals surface area contributed by atoms with Crippen molar-refractivity contribution in [2.45, 2.75) is 38.5 Å². The lowest BCUT2D eigenvalue weighted by Gasteiger charge is -2.06. The Morgan fingerprint density at radius 3 is 1.25 bits per heavy atom. The Balaban J connectivity index is 4.05. The average Bonchev–Trinajstić information content (AvgIpc) is 2.53. The summed E-state index contributed by atoms with van der Waals surface area (Å²) in [4.78, 5) is 21.8. The molecule has 0 aromatic rings. The van der Waals surface area contributed by atoms with Gasteiger partial charge >= 0.3 is 11.9 Å². The van der Waals surface area contributed by atoms with Gasteiger partial charge in [-0.05, 0) is 25.7 Å². The highest BCUT2D eigenvalue weighted by atomic mass is 32.2. The molecule has 0 aromatic heterocycles. The molecule has 0 N–H and O–H groups in total. The van der Waals surface area contributed by atoms with Gasteiger partial charge in [0.15, 0.2) is 19.7 Å². The van der Waals surface area contributed by atoms with E-state index in [1.165, 1.54) is 14.2 Å². The summed E-state index contributed by atoms with van der Waals surface area (Å²) >= 11 is 0. The number of carbonyl (C=O) groups excluding carboxylic acids is 2. The maximum absolute atomic E-state index is 11.8. The number of unbranched alkanes of at least 4 members (excludes halogenated alkanes) is 2. The zero-order valence-electron chi connectivity index (χ0n) is 14.2. The number of sulfone groups is 2. The van der Waals surface area contributed by atoms with Gasteiger partial charge in [-0.1, -0.05) is 0 Å². The van der Waals surface area contributed by atoms with Crippen LogP contribution in [0.5, 0.6) is 0 Å². The first-order chi connectivity index (χ1) is 11.1. The van der Waals surface area contributed by atoms with E-state index >= 15 is 0 Å². The first-order valence-corrected chi connectivity index (χ1v) is 11.3. The summed E-state index contributed by atoms with van der Waals surface area (Å²) in [5, 5.41) is 0. The van der Waals surface area contributed by atoms with Crippen molar-refractivity contribution in [1.29, 1.82) is 0 Å². The summed E-state index contributed by atoms with van der Waals surface area (Å²) in [6.45, 7) is 0. The molecule has 0 atom stereocenters. The second kappa shape index (κ2) is 11.4. The molecule has 0 spiro atoms. The summed E-state index contributed by atoms with van der Waals surface area (Å²) in [5.74, 6) is -1.96. The third-order valence-corrected chi connectivity index (χ3v) is 7.07. The Kier molecular flexibility index (Phi) is 10.9. The molecule has 8 nitrogen and oxygen atoms in total. The molecule has 0 aliphatic carbocycles. The maximum atomic E-state index is 11.8.